The Balaban J connectivity index is 2.03. The Hall–Kier alpha value is -1.88. The van der Waals surface area contributed by atoms with Crippen molar-refractivity contribution in [2.75, 3.05) is 24.5 Å². The maximum absolute atomic E-state index is 13.9. The molecule has 0 amide bonds. The second kappa shape index (κ2) is 6.55. The molecule has 0 spiro atoms. The molecule has 0 bridgehead atoms. The topological polar surface area (TPSA) is 39.6 Å². The van der Waals surface area contributed by atoms with Crippen LogP contribution in [0.1, 0.15) is 37.9 Å². The molecule has 5 heteroatoms. The van der Waals surface area contributed by atoms with Crippen LogP contribution in [0.5, 0.6) is 0 Å². The minimum atomic E-state index is -0.435. The van der Waals surface area contributed by atoms with Crippen molar-refractivity contribution in [3.05, 3.63) is 47.3 Å². The maximum atomic E-state index is 13.9. The lowest BCUT2D eigenvalue weighted by molar-refractivity contribution is 0.280. The summed E-state index contributed by atoms with van der Waals surface area (Å²) < 4.78 is 13.9. The number of likely N-dealkylation sites (N-methyl/N-ethyl adjacent to an activating group) is 1. The molecule has 0 saturated carbocycles. The Morgan fingerprint density at radius 1 is 1.38 bits per heavy atom. The van der Waals surface area contributed by atoms with Gasteiger partial charge in [-0.15, -0.1) is 0 Å². The highest BCUT2D eigenvalue weighted by molar-refractivity contribution is 5.68. The lowest BCUT2D eigenvalue weighted by Gasteiger charge is -2.37. The number of allylic oxidation sites excluding steroid dienone is 1. The number of fused-ring (bicyclic) bond motifs is 3. The first kappa shape index (κ1) is 17.0. The summed E-state index contributed by atoms with van der Waals surface area (Å²) in [6.07, 6.45) is 5.56. The SMILES string of the molecule is CCN(CC)CC(C)N1c2c(cc(F)nc2C)C2C=CC(O)=CC21. The first-order valence-corrected chi connectivity index (χ1v) is 8.73. The van der Waals surface area contributed by atoms with Gasteiger partial charge in [-0.05, 0) is 50.7 Å². The van der Waals surface area contributed by atoms with Crippen LogP contribution in [-0.2, 0) is 0 Å². The van der Waals surface area contributed by atoms with Crippen molar-refractivity contribution in [3.8, 4) is 0 Å². The summed E-state index contributed by atoms with van der Waals surface area (Å²) in [5, 5.41) is 9.98. The lowest BCUT2D eigenvalue weighted by Crippen LogP contribution is -2.46. The van der Waals surface area contributed by atoms with E-state index in [0.717, 1.165) is 30.9 Å². The Morgan fingerprint density at radius 3 is 2.75 bits per heavy atom. The fourth-order valence-electron chi connectivity index (χ4n) is 4.04. The summed E-state index contributed by atoms with van der Waals surface area (Å²) in [6.45, 7) is 11.3. The third-order valence-electron chi connectivity index (χ3n) is 5.18. The summed E-state index contributed by atoms with van der Waals surface area (Å²) in [5.74, 6) is -0.100. The molecule has 24 heavy (non-hydrogen) atoms. The Morgan fingerprint density at radius 2 is 2.08 bits per heavy atom. The molecule has 0 aromatic carbocycles. The quantitative estimate of drug-likeness (QED) is 0.838. The molecule has 0 saturated heterocycles. The minimum absolute atomic E-state index is 0.0119. The number of aliphatic hydroxyl groups is 1. The molecule has 3 atom stereocenters. The summed E-state index contributed by atoms with van der Waals surface area (Å²) >= 11 is 0. The molecule has 3 unspecified atom stereocenters. The minimum Gasteiger partial charge on any atom is -0.508 e. The number of rotatable bonds is 5. The van der Waals surface area contributed by atoms with Crippen LogP contribution in [-0.4, -0.2) is 46.7 Å². The van der Waals surface area contributed by atoms with Gasteiger partial charge in [-0.3, -0.25) is 0 Å². The van der Waals surface area contributed by atoms with Crippen molar-refractivity contribution >= 4 is 5.69 Å². The second-order valence-corrected chi connectivity index (χ2v) is 6.68. The second-order valence-electron chi connectivity index (χ2n) is 6.68. The molecule has 1 aliphatic carbocycles. The zero-order valence-electron chi connectivity index (χ0n) is 14.8. The van der Waals surface area contributed by atoms with Gasteiger partial charge >= 0.3 is 0 Å². The molecular weight excluding hydrogens is 305 g/mol. The first-order valence-electron chi connectivity index (χ1n) is 8.73. The molecule has 1 N–H and O–H groups in total. The van der Waals surface area contributed by atoms with E-state index in [0.29, 0.717) is 5.69 Å². The fourth-order valence-corrected chi connectivity index (χ4v) is 4.04. The summed E-state index contributed by atoms with van der Waals surface area (Å²) in [4.78, 5) is 8.73. The molecule has 0 fully saturated rings. The number of hydrogen-bond acceptors (Lipinski definition) is 4. The van der Waals surface area contributed by atoms with Crippen molar-refractivity contribution in [2.24, 2.45) is 0 Å². The van der Waals surface area contributed by atoms with E-state index in [2.05, 4.69) is 35.6 Å². The average molecular weight is 331 g/mol. The molecule has 1 aliphatic heterocycles. The first-order chi connectivity index (χ1) is 11.5. The molecule has 2 heterocycles. The maximum Gasteiger partial charge on any atom is 0.213 e. The van der Waals surface area contributed by atoms with E-state index in [1.165, 1.54) is 0 Å². The van der Waals surface area contributed by atoms with E-state index in [1.54, 1.807) is 12.1 Å². The number of aryl methyl sites for hydroxylation is 1. The van der Waals surface area contributed by atoms with E-state index in [9.17, 15) is 9.50 Å². The zero-order valence-corrected chi connectivity index (χ0v) is 14.8. The Labute approximate surface area is 143 Å². The molecular formula is C19H26FN3O. The lowest BCUT2D eigenvalue weighted by atomic mass is 9.91. The number of halogens is 1. The predicted molar refractivity (Wildman–Crippen MR) is 95.0 cm³/mol. The Kier molecular flexibility index (Phi) is 4.63. The average Bonchev–Trinajstić information content (AvgIpc) is 2.86. The Bertz CT molecular complexity index is 681. The monoisotopic (exact) mass is 331 g/mol. The van der Waals surface area contributed by atoms with Gasteiger partial charge in [-0.1, -0.05) is 19.9 Å². The van der Waals surface area contributed by atoms with Gasteiger partial charge in [0, 0.05) is 18.5 Å². The summed E-state index contributed by atoms with van der Waals surface area (Å²) in [7, 11) is 0. The van der Waals surface area contributed by atoms with Gasteiger partial charge in [0.25, 0.3) is 0 Å². The van der Waals surface area contributed by atoms with Crippen molar-refractivity contribution in [3.63, 3.8) is 0 Å². The van der Waals surface area contributed by atoms with E-state index in [-0.39, 0.29) is 23.8 Å². The van der Waals surface area contributed by atoms with E-state index in [1.807, 2.05) is 19.1 Å². The normalized spacial score (nSPS) is 23.2. The third kappa shape index (κ3) is 2.81. The van der Waals surface area contributed by atoms with Crippen molar-refractivity contribution in [2.45, 2.75) is 45.7 Å². The molecule has 3 rings (SSSR count). The molecule has 1 aromatic rings. The molecule has 130 valence electrons. The van der Waals surface area contributed by atoms with Crippen LogP contribution in [0, 0.1) is 12.9 Å². The highest BCUT2D eigenvalue weighted by Crippen LogP contribution is 2.46. The van der Waals surface area contributed by atoms with Gasteiger partial charge in [0.15, 0.2) is 0 Å². The van der Waals surface area contributed by atoms with Crippen LogP contribution < -0.4 is 4.90 Å². The summed E-state index contributed by atoms with van der Waals surface area (Å²) in [6, 6.07) is 1.79. The van der Waals surface area contributed by atoms with Crippen LogP contribution >= 0.6 is 0 Å². The zero-order chi connectivity index (χ0) is 17.4. The van der Waals surface area contributed by atoms with Crippen molar-refractivity contribution < 1.29 is 9.50 Å². The van der Waals surface area contributed by atoms with Crippen LogP contribution in [0.25, 0.3) is 0 Å². The van der Waals surface area contributed by atoms with Crippen molar-refractivity contribution in [1.29, 1.82) is 0 Å². The number of pyridine rings is 1. The van der Waals surface area contributed by atoms with Crippen LogP contribution in [0.4, 0.5) is 10.1 Å². The molecule has 2 aliphatic rings. The molecule has 4 nitrogen and oxygen atoms in total. The van der Waals surface area contributed by atoms with Gasteiger partial charge in [-0.25, -0.2) is 4.98 Å². The van der Waals surface area contributed by atoms with E-state index < -0.39 is 5.95 Å². The third-order valence-corrected chi connectivity index (χ3v) is 5.18. The van der Waals surface area contributed by atoms with Crippen LogP contribution in [0.3, 0.4) is 0 Å². The summed E-state index contributed by atoms with van der Waals surface area (Å²) in [5.41, 5.74) is 2.70. The van der Waals surface area contributed by atoms with Crippen LogP contribution in [0.15, 0.2) is 30.1 Å². The number of aliphatic hydroxyl groups excluding tert-OH is 1. The van der Waals surface area contributed by atoms with Crippen molar-refractivity contribution in [1.82, 2.24) is 9.88 Å². The van der Waals surface area contributed by atoms with Gasteiger partial charge in [-0.2, -0.15) is 4.39 Å². The number of anilines is 1. The van der Waals surface area contributed by atoms with Gasteiger partial charge in [0.1, 0.15) is 5.76 Å². The smallest absolute Gasteiger partial charge is 0.213 e. The molecule has 0 radical (unpaired) electrons. The van der Waals surface area contributed by atoms with E-state index >= 15 is 0 Å². The van der Waals surface area contributed by atoms with Gasteiger partial charge in [0.2, 0.25) is 5.95 Å². The van der Waals surface area contributed by atoms with Gasteiger partial charge < -0.3 is 14.9 Å². The van der Waals surface area contributed by atoms with E-state index in [4.69, 9.17) is 0 Å². The number of hydrogen-bond donors (Lipinski definition) is 1. The largest absolute Gasteiger partial charge is 0.508 e. The predicted octanol–water partition coefficient (Wildman–Crippen LogP) is 3.54. The van der Waals surface area contributed by atoms with Gasteiger partial charge in [0.05, 0.1) is 17.4 Å². The fraction of sp³-hybridized carbons (Fsp3) is 0.526. The van der Waals surface area contributed by atoms with Crippen LogP contribution in [0.2, 0.25) is 0 Å². The molecule has 1 aromatic heterocycles. The number of nitrogens with zero attached hydrogens (tertiary/aromatic N) is 3. The standard InChI is InChI=1S/C19H26FN3O/c1-5-22(6-2)11-12(3)23-17-9-14(24)7-8-15(17)16-10-18(20)21-13(4)19(16)23/h7-10,12,15,17,24H,5-6,11H2,1-4H3. The number of aromatic nitrogens is 1. The highest BCUT2D eigenvalue weighted by atomic mass is 19.1. The highest BCUT2D eigenvalue weighted by Gasteiger charge is 2.41.